The molecule has 0 unspecified atom stereocenters. The first-order valence-electron chi connectivity index (χ1n) is 9.46. The number of pyridine rings is 1. The highest BCUT2D eigenvalue weighted by Gasteiger charge is 2.23. The van der Waals surface area contributed by atoms with E-state index in [1.807, 2.05) is 19.1 Å². The number of halogens is 1. The van der Waals surface area contributed by atoms with Crippen LogP contribution < -0.4 is 15.0 Å². The van der Waals surface area contributed by atoms with Gasteiger partial charge in [-0.05, 0) is 18.6 Å². The third kappa shape index (κ3) is 2.85. The minimum absolute atomic E-state index is 0.139. The first kappa shape index (κ1) is 17.7. The van der Waals surface area contributed by atoms with Crippen LogP contribution in [0.15, 0.2) is 24.5 Å². The summed E-state index contributed by atoms with van der Waals surface area (Å²) in [7, 11) is 1.49. The number of benzene rings is 1. The Balaban J connectivity index is 1.76. The highest BCUT2D eigenvalue weighted by molar-refractivity contribution is 5.98. The Hall–Kier alpha value is -3.33. The van der Waals surface area contributed by atoms with E-state index in [-0.39, 0.29) is 17.2 Å². The lowest BCUT2D eigenvalue weighted by Gasteiger charge is -2.29. The predicted molar refractivity (Wildman–Crippen MR) is 109 cm³/mol. The fourth-order valence-corrected chi connectivity index (χ4v) is 3.85. The number of fused-ring (bicyclic) bond motifs is 2. The molecule has 4 heterocycles. The van der Waals surface area contributed by atoms with E-state index >= 15 is 4.39 Å². The number of hydrogen-bond donors (Lipinski definition) is 2. The Morgan fingerprint density at radius 1 is 1.10 bits per heavy atom. The van der Waals surface area contributed by atoms with Crippen molar-refractivity contribution in [2.75, 3.05) is 38.2 Å². The van der Waals surface area contributed by atoms with Gasteiger partial charge in [-0.15, -0.1) is 0 Å². The molecule has 148 valence electrons. The first-order chi connectivity index (χ1) is 14.2. The molecule has 0 aliphatic carbocycles. The van der Waals surface area contributed by atoms with Crippen LogP contribution in [0.5, 0.6) is 6.01 Å². The zero-order valence-electron chi connectivity index (χ0n) is 16.2. The second kappa shape index (κ2) is 6.93. The second-order valence-corrected chi connectivity index (χ2v) is 7.04. The molecule has 2 N–H and O–H groups in total. The predicted octanol–water partition coefficient (Wildman–Crippen LogP) is 2.43. The van der Waals surface area contributed by atoms with Gasteiger partial charge in [-0.25, -0.2) is 4.39 Å². The molecule has 0 amide bonds. The first-order valence-corrected chi connectivity index (χ1v) is 9.46. The lowest BCUT2D eigenvalue weighted by atomic mass is 10.00. The number of nitrogens with zero attached hydrogens (tertiary/aromatic N) is 5. The van der Waals surface area contributed by atoms with Crippen molar-refractivity contribution in [3.8, 4) is 17.3 Å². The van der Waals surface area contributed by atoms with Gasteiger partial charge in [0.05, 0.1) is 24.2 Å². The van der Waals surface area contributed by atoms with Crippen molar-refractivity contribution in [3.05, 3.63) is 35.9 Å². The number of aryl methyl sites for hydroxylation is 1. The monoisotopic (exact) mass is 393 g/mol. The van der Waals surface area contributed by atoms with Gasteiger partial charge < -0.3 is 15.0 Å². The van der Waals surface area contributed by atoms with E-state index < -0.39 is 5.82 Å². The number of nitrogens with one attached hydrogen (secondary N) is 2. The molecule has 0 atom stereocenters. The van der Waals surface area contributed by atoms with Crippen LogP contribution in [0.25, 0.3) is 33.1 Å². The lowest BCUT2D eigenvalue weighted by molar-refractivity contribution is 0.381. The molecule has 1 aliphatic heterocycles. The number of H-pyrrole nitrogens is 1. The molecule has 3 aromatic heterocycles. The SMILES string of the molecule is COc1nc(N2CCNCC2)c2cnc(-c3c(C)ccc4[nH]ncc34)c(F)c2n1. The Labute approximate surface area is 166 Å². The van der Waals surface area contributed by atoms with Gasteiger partial charge in [0, 0.05) is 43.3 Å². The molecule has 9 heteroatoms. The van der Waals surface area contributed by atoms with Crippen molar-refractivity contribution in [3.63, 3.8) is 0 Å². The van der Waals surface area contributed by atoms with Gasteiger partial charge in [0.2, 0.25) is 0 Å². The number of aromatic nitrogens is 5. The average Bonchev–Trinajstić information content (AvgIpc) is 3.23. The zero-order chi connectivity index (χ0) is 20.0. The molecule has 0 bridgehead atoms. The maximum atomic E-state index is 15.8. The molecule has 8 nitrogen and oxygen atoms in total. The Morgan fingerprint density at radius 2 is 1.93 bits per heavy atom. The van der Waals surface area contributed by atoms with Crippen LogP contribution in [0.1, 0.15) is 5.56 Å². The van der Waals surface area contributed by atoms with Gasteiger partial charge in [0.25, 0.3) is 0 Å². The number of rotatable bonds is 3. The fraction of sp³-hybridized carbons (Fsp3) is 0.300. The normalized spacial score (nSPS) is 14.7. The summed E-state index contributed by atoms with van der Waals surface area (Å²) < 4.78 is 21.0. The van der Waals surface area contributed by atoms with Crippen LogP contribution in [0.2, 0.25) is 0 Å². The molecule has 0 saturated carbocycles. The Kier molecular flexibility index (Phi) is 4.24. The third-order valence-electron chi connectivity index (χ3n) is 5.31. The maximum Gasteiger partial charge on any atom is 0.318 e. The summed E-state index contributed by atoms with van der Waals surface area (Å²) in [6, 6.07) is 3.99. The molecule has 5 rings (SSSR count). The van der Waals surface area contributed by atoms with Crippen molar-refractivity contribution >= 4 is 27.6 Å². The standard InChI is InChI=1S/C20H20FN7O/c1-11-3-4-14-12(10-24-27-14)15(11)18-16(21)17-13(9-23-18)19(26-20(25-17)29-2)28-7-5-22-6-8-28/h3-4,9-10,22H,5-8H2,1-2H3,(H,24,27). The van der Waals surface area contributed by atoms with E-state index in [9.17, 15) is 0 Å². The van der Waals surface area contributed by atoms with Crippen molar-refractivity contribution in [2.45, 2.75) is 6.92 Å². The largest absolute Gasteiger partial charge is 0.467 e. The fourth-order valence-electron chi connectivity index (χ4n) is 3.85. The molecule has 0 radical (unpaired) electrons. The Bertz CT molecular complexity index is 1220. The topological polar surface area (TPSA) is 91.8 Å². The zero-order valence-corrected chi connectivity index (χ0v) is 16.2. The van der Waals surface area contributed by atoms with E-state index in [0.717, 1.165) is 42.6 Å². The number of hydrogen-bond acceptors (Lipinski definition) is 7. The van der Waals surface area contributed by atoms with Gasteiger partial charge in [0.1, 0.15) is 17.0 Å². The molecule has 1 fully saturated rings. The molecule has 1 saturated heterocycles. The molecule has 4 aromatic rings. The van der Waals surface area contributed by atoms with Crippen LogP contribution in [0.4, 0.5) is 10.2 Å². The smallest absolute Gasteiger partial charge is 0.318 e. The lowest BCUT2D eigenvalue weighted by Crippen LogP contribution is -2.44. The van der Waals surface area contributed by atoms with Crippen LogP contribution in [-0.4, -0.2) is 58.4 Å². The molecule has 1 aromatic carbocycles. The van der Waals surface area contributed by atoms with Crippen LogP contribution in [-0.2, 0) is 0 Å². The summed E-state index contributed by atoms with van der Waals surface area (Å²) in [5.41, 5.74) is 2.89. The summed E-state index contributed by atoms with van der Waals surface area (Å²) in [6.07, 6.45) is 3.35. The van der Waals surface area contributed by atoms with Gasteiger partial charge in [-0.1, -0.05) is 6.07 Å². The summed E-state index contributed by atoms with van der Waals surface area (Å²) in [4.78, 5) is 15.4. The van der Waals surface area contributed by atoms with Crippen LogP contribution in [0, 0.1) is 12.7 Å². The number of ether oxygens (including phenoxy) is 1. The number of anilines is 1. The van der Waals surface area contributed by atoms with Gasteiger partial charge in [-0.2, -0.15) is 15.1 Å². The summed E-state index contributed by atoms with van der Waals surface area (Å²) in [5.74, 6) is 0.154. The molecule has 29 heavy (non-hydrogen) atoms. The minimum atomic E-state index is -0.489. The van der Waals surface area contributed by atoms with Crippen molar-refractivity contribution < 1.29 is 9.13 Å². The molecule has 1 aliphatic rings. The maximum absolute atomic E-state index is 15.8. The summed E-state index contributed by atoms with van der Waals surface area (Å²) in [5, 5.41) is 11.7. The third-order valence-corrected chi connectivity index (χ3v) is 5.31. The average molecular weight is 393 g/mol. The van der Waals surface area contributed by atoms with Crippen molar-refractivity contribution in [2.24, 2.45) is 0 Å². The van der Waals surface area contributed by atoms with E-state index in [0.29, 0.717) is 16.8 Å². The van der Waals surface area contributed by atoms with Gasteiger partial charge in [0.15, 0.2) is 5.82 Å². The number of aromatic amines is 1. The van der Waals surface area contributed by atoms with E-state index in [4.69, 9.17) is 4.74 Å². The van der Waals surface area contributed by atoms with E-state index in [1.165, 1.54) is 7.11 Å². The van der Waals surface area contributed by atoms with Crippen molar-refractivity contribution in [1.82, 2.24) is 30.5 Å². The minimum Gasteiger partial charge on any atom is -0.467 e. The van der Waals surface area contributed by atoms with Crippen LogP contribution >= 0.6 is 0 Å². The number of methoxy groups -OCH3 is 1. The van der Waals surface area contributed by atoms with Crippen LogP contribution in [0.3, 0.4) is 0 Å². The molecule has 0 spiro atoms. The second-order valence-electron chi connectivity index (χ2n) is 7.04. The summed E-state index contributed by atoms with van der Waals surface area (Å²) >= 11 is 0. The highest BCUT2D eigenvalue weighted by Crippen LogP contribution is 2.35. The highest BCUT2D eigenvalue weighted by atomic mass is 19.1. The number of piperazine rings is 1. The summed E-state index contributed by atoms with van der Waals surface area (Å²) in [6.45, 7) is 5.14. The molecular formula is C20H20FN7O. The van der Waals surface area contributed by atoms with Crippen molar-refractivity contribution in [1.29, 1.82) is 0 Å². The van der Waals surface area contributed by atoms with Gasteiger partial charge >= 0.3 is 6.01 Å². The van der Waals surface area contributed by atoms with E-state index in [1.54, 1.807) is 12.4 Å². The van der Waals surface area contributed by atoms with Gasteiger partial charge in [-0.3, -0.25) is 10.1 Å². The Morgan fingerprint density at radius 3 is 2.72 bits per heavy atom. The molecular weight excluding hydrogens is 373 g/mol. The van der Waals surface area contributed by atoms with E-state index in [2.05, 4.69) is 35.4 Å². The quantitative estimate of drug-likeness (QED) is 0.552.